The van der Waals surface area contributed by atoms with Gasteiger partial charge in [-0.15, -0.1) is 0 Å². The number of hydrogen-bond donors (Lipinski definition) is 1. The van der Waals surface area contributed by atoms with Crippen LogP contribution in [0, 0.1) is 11.8 Å². The Morgan fingerprint density at radius 2 is 2.05 bits per heavy atom. The van der Waals surface area contributed by atoms with E-state index in [9.17, 15) is 4.79 Å². The van der Waals surface area contributed by atoms with Crippen LogP contribution in [0.25, 0.3) is 0 Å². The minimum absolute atomic E-state index is 0.0192. The highest BCUT2D eigenvalue weighted by Crippen LogP contribution is 2.49. The Kier molecular flexibility index (Phi) is 3.93. The van der Waals surface area contributed by atoms with Crippen molar-refractivity contribution in [3.05, 3.63) is 0 Å². The Balaban J connectivity index is 1.54. The third-order valence-electron chi connectivity index (χ3n) is 5.17. The normalized spacial score (nSPS) is 39.3. The first kappa shape index (κ1) is 15.1. The highest BCUT2D eigenvalue weighted by Gasteiger charge is 2.47. The molecule has 1 saturated heterocycles. The molecule has 1 spiro atoms. The average Bonchev–Trinajstić information content (AvgIpc) is 3.11. The van der Waals surface area contributed by atoms with Crippen LogP contribution < -0.4 is 5.32 Å². The maximum absolute atomic E-state index is 12.0. The van der Waals surface area contributed by atoms with E-state index in [2.05, 4.69) is 5.32 Å². The van der Waals surface area contributed by atoms with Gasteiger partial charge < -0.3 is 14.8 Å². The molecule has 3 fully saturated rings. The van der Waals surface area contributed by atoms with Crippen LogP contribution >= 0.6 is 0 Å². The quantitative estimate of drug-likeness (QED) is 0.803. The van der Waals surface area contributed by atoms with Crippen molar-refractivity contribution < 1.29 is 14.3 Å². The lowest BCUT2D eigenvalue weighted by atomic mass is 9.78. The number of hydrogen-bond acceptors (Lipinski definition) is 3. The third kappa shape index (κ3) is 3.91. The molecule has 0 unspecified atom stereocenters. The molecule has 21 heavy (non-hydrogen) atoms. The Hall–Kier alpha value is -0.770. The fourth-order valence-corrected chi connectivity index (χ4v) is 3.95. The Bertz CT molecular complexity index is 389. The number of fused-ring (bicyclic) bond motifs is 1. The SMILES string of the molecule is CC(C)(C)OC(=O)N[C@@H]1CCC[C@]2(CC[C@@H]3C[C@H]3CO2)C1. The van der Waals surface area contributed by atoms with E-state index in [1.54, 1.807) is 0 Å². The molecule has 1 aliphatic heterocycles. The van der Waals surface area contributed by atoms with Gasteiger partial charge in [0.1, 0.15) is 5.60 Å². The van der Waals surface area contributed by atoms with Gasteiger partial charge >= 0.3 is 6.09 Å². The van der Waals surface area contributed by atoms with Gasteiger partial charge in [0.15, 0.2) is 0 Å². The van der Waals surface area contributed by atoms with Crippen LogP contribution in [0.15, 0.2) is 0 Å². The molecule has 120 valence electrons. The summed E-state index contributed by atoms with van der Waals surface area (Å²) in [5.41, 5.74) is -0.415. The summed E-state index contributed by atoms with van der Waals surface area (Å²) < 4.78 is 11.7. The van der Waals surface area contributed by atoms with Crippen LogP contribution in [0.1, 0.15) is 65.7 Å². The molecule has 1 heterocycles. The second-order valence-corrected chi connectivity index (χ2v) is 8.23. The van der Waals surface area contributed by atoms with Gasteiger partial charge in [0.25, 0.3) is 0 Å². The summed E-state index contributed by atoms with van der Waals surface area (Å²) in [4.78, 5) is 12.0. The zero-order chi connectivity index (χ0) is 15.1. The molecule has 4 atom stereocenters. The molecule has 0 aromatic carbocycles. The number of carbonyl (C=O) groups is 1. The van der Waals surface area contributed by atoms with Crippen molar-refractivity contribution in [2.24, 2.45) is 11.8 Å². The highest BCUT2D eigenvalue weighted by molar-refractivity contribution is 5.68. The van der Waals surface area contributed by atoms with Gasteiger partial charge in [0.05, 0.1) is 12.2 Å². The van der Waals surface area contributed by atoms with E-state index in [1.807, 2.05) is 20.8 Å². The Labute approximate surface area is 127 Å². The molecule has 0 aromatic heterocycles. The van der Waals surface area contributed by atoms with Crippen LogP contribution in [0.4, 0.5) is 4.79 Å². The molecular weight excluding hydrogens is 266 g/mol. The molecule has 4 heteroatoms. The molecule has 1 amide bonds. The fourth-order valence-electron chi connectivity index (χ4n) is 3.95. The number of rotatable bonds is 1. The molecule has 0 bridgehead atoms. The van der Waals surface area contributed by atoms with E-state index in [-0.39, 0.29) is 17.7 Å². The maximum Gasteiger partial charge on any atom is 0.407 e. The van der Waals surface area contributed by atoms with Crippen LogP contribution in [0.5, 0.6) is 0 Å². The van der Waals surface area contributed by atoms with Gasteiger partial charge in [0.2, 0.25) is 0 Å². The monoisotopic (exact) mass is 295 g/mol. The topological polar surface area (TPSA) is 47.6 Å². The third-order valence-corrected chi connectivity index (χ3v) is 5.17. The van der Waals surface area contributed by atoms with Crippen LogP contribution in [0.2, 0.25) is 0 Å². The smallest absolute Gasteiger partial charge is 0.407 e. The van der Waals surface area contributed by atoms with E-state index in [0.717, 1.165) is 44.1 Å². The largest absolute Gasteiger partial charge is 0.444 e. The molecule has 3 aliphatic rings. The molecule has 0 radical (unpaired) electrons. The second kappa shape index (κ2) is 5.45. The highest BCUT2D eigenvalue weighted by atomic mass is 16.6. The number of alkyl carbamates (subject to hydrolysis) is 1. The molecule has 3 rings (SSSR count). The van der Waals surface area contributed by atoms with Crippen molar-refractivity contribution >= 4 is 6.09 Å². The summed E-state index contributed by atoms with van der Waals surface area (Å²) in [5.74, 6) is 1.74. The van der Waals surface area contributed by atoms with E-state index < -0.39 is 5.60 Å². The van der Waals surface area contributed by atoms with Crippen LogP contribution in [0.3, 0.4) is 0 Å². The first-order valence-electron chi connectivity index (χ1n) is 8.49. The van der Waals surface area contributed by atoms with E-state index in [0.29, 0.717) is 0 Å². The van der Waals surface area contributed by atoms with E-state index >= 15 is 0 Å². The van der Waals surface area contributed by atoms with E-state index in [4.69, 9.17) is 9.47 Å². The molecule has 2 aliphatic carbocycles. The summed E-state index contributed by atoms with van der Waals surface area (Å²) in [6, 6.07) is 0.197. The Morgan fingerprint density at radius 1 is 1.24 bits per heavy atom. The minimum Gasteiger partial charge on any atom is -0.444 e. The van der Waals surface area contributed by atoms with Crippen molar-refractivity contribution in [3.63, 3.8) is 0 Å². The fraction of sp³-hybridized carbons (Fsp3) is 0.941. The van der Waals surface area contributed by atoms with Gasteiger partial charge in [-0.3, -0.25) is 0 Å². The first-order valence-corrected chi connectivity index (χ1v) is 8.49. The summed E-state index contributed by atoms with van der Waals surface area (Å²) in [5, 5.41) is 3.05. The summed E-state index contributed by atoms with van der Waals surface area (Å²) in [6.07, 6.45) is 7.83. The maximum atomic E-state index is 12.0. The molecular formula is C17H29NO3. The summed E-state index contributed by atoms with van der Waals surface area (Å²) in [7, 11) is 0. The van der Waals surface area contributed by atoms with Gasteiger partial charge in [-0.2, -0.15) is 0 Å². The summed E-state index contributed by atoms with van der Waals surface area (Å²) in [6.45, 7) is 6.63. The standard InChI is InChI=1S/C17H29NO3/c1-16(2,3)21-15(19)18-14-5-4-7-17(10-14)8-6-12-9-13(12)11-20-17/h12-14H,4-11H2,1-3H3,(H,18,19)/t12-,13+,14-,17+/m1/s1. The van der Waals surface area contributed by atoms with Crippen LogP contribution in [-0.4, -0.2) is 29.9 Å². The summed E-state index contributed by atoms with van der Waals surface area (Å²) >= 11 is 0. The lowest BCUT2D eigenvalue weighted by molar-refractivity contribution is -0.0804. The van der Waals surface area contributed by atoms with Gasteiger partial charge in [-0.25, -0.2) is 4.79 Å². The minimum atomic E-state index is -0.434. The van der Waals surface area contributed by atoms with Crippen molar-refractivity contribution in [1.29, 1.82) is 0 Å². The number of nitrogens with one attached hydrogen (secondary N) is 1. The zero-order valence-electron chi connectivity index (χ0n) is 13.6. The first-order chi connectivity index (χ1) is 9.85. The molecule has 2 saturated carbocycles. The van der Waals surface area contributed by atoms with Crippen molar-refractivity contribution in [2.45, 2.75) is 83.0 Å². The van der Waals surface area contributed by atoms with Gasteiger partial charge in [-0.05, 0) is 77.6 Å². The van der Waals surface area contributed by atoms with Crippen molar-refractivity contribution in [2.75, 3.05) is 6.61 Å². The van der Waals surface area contributed by atoms with Gasteiger partial charge in [0, 0.05) is 6.04 Å². The second-order valence-electron chi connectivity index (χ2n) is 8.23. The van der Waals surface area contributed by atoms with Gasteiger partial charge in [-0.1, -0.05) is 0 Å². The Morgan fingerprint density at radius 3 is 2.81 bits per heavy atom. The molecule has 4 nitrogen and oxygen atoms in total. The lowest BCUT2D eigenvalue weighted by Crippen LogP contribution is -2.48. The number of amides is 1. The lowest BCUT2D eigenvalue weighted by Gasteiger charge is -2.40. The van der Waals surface area contributed by atoms with E-state index in [1.165, 1.54) is 19.3 Å². The van der Waals surface area contributed by atoms with Crippen molar-refractivity contribution in [3.8, 4) is 0 Å². The average molecular weight is 295 g/mol. The van der Waals surface area contributed by atoms with Crippen LogP contribution in [-0.2, 0) is 9.47 Å². The molecule has 0 aromatic rings. The van der Waals surface area contributed by atoms with Crippen molar-refractivity contribution in [1.82, 2.24) is 5.32 Å². The number of ether oxygens (including phenoxy) is 2. The zero-order valence-corrected chi connectivity index (χ0v) is 13.6. The molecule has 1 N–H and O–H groups in total. The number of carbonyl (C=O) groups excluding carboxylic acids is 1. The predicted molar refractivity (Wildman–Crippen MR) is 81.1 cm³/mol. The predicted octanol–water partition coefficient (Wildman–Crippen LogP) is 3.64.